The lowest BCUT2D eigenvalue weighted by molar-refractivity contribution is 0.625. The number of aryl methyl sites for hydroxylation is 1. The van der Waals surface area contributed by atoms with Crippen LogP contribution in [0.1, 0.15) is 11.1 Å². The molecule has 0 saturated carbocycles. The molecule has 2 rings (SSSR count). The highest BCUT2D eigenvalue weighted by Gasteiger charge is 2.00. The minimum atomic E-state index is -0.189. The fourth-order valence-electron chi connectivity index (χ4n) is 1.64. The van der Waals surface area contributed by atoms with Gasteiger partial charge in [-0.1, -0.05) is 6.07 Å². The van der Waals surface area contributed by atoms with Gasteiger partial charge in [-0.05, 0) is 42.7 Å². The normalized spacial score (nSPS) is 10.2. The Hall–Kier alpha value is -1.97. The maximum Gasteiger partial charge on any atom is 0.222 e. The van der Waals surface area contributed by atoms with Crippen molar-refractivity contribution >= 4 is 5.95 Å². The standard InChI is InChI=1S/C13H14FN3/c1-10-9-12(14)4-3-11(10)5-8-17-13-15-6-2-7-16-13/h2-4,6-7,9H,5,8H2,1H3,(H,15,16,17). The van der Waals surface area contributed by atoms with E-state index in [1.165, 1.54) is 6.07 Å². The van der Waals surface area contributed by atoms with E-state index >= 15 is 0 Å². The van der Waals surface area contributed by atoms with Gasteiger partial charge in [0.1, 0.15) is 5.82 Å². The van der Waals surface area contributed by atoms with Crippen LogP contribution in [0.2, 0.25) is 0 Å². The molecule has 17 heavy (non-hydrogen) atoms. The molecule has 0 amide bonds. The van der Waals surface area contributed by atoms with Gasteiger partial charge in [-0.15, -0.1) is 0 Å². The van der Waals surface area contributed by atoms with E-state index < -0.39 is 0 Å². The SMILES string of the molecule is Cc1cc(F)ccc1CCNc1ncccn1. The molecule has 0 unspecified atom stereocenters. The van der Waals surface area contributed by atoms with E-state index in [9.17, 15) is 4.39 Å². The lowest BCUT2D eigenvalue weighted by atomic mass is 10.1. The van der Waals surface area contributed by atoms with E-state index in [1.807, 2.05) is 13.0 Å². The Morgan fingerprint density at radius 2 is 2.00 bits per heavy atom. The highest BCUT2D eigenvalue weighted by molar-refractivity contribution is 5.28. The predicted octanol–water partition coefficient (Wildman–Crippen LogP) is 2.58. The molecule has 0 spiro atoms. The Kier molecular flexibility index (Phi) is 3.65. The zero-order chi connectivity index (χ0) is 12.1. The summed E-state index contributed by atoms with van der Waals surface area (Å²) in [4.78, 5) is 8.13. The Morgan fingerprint density at radius 1 is 1.24 bits per heavy atom. The van der Waals surface area contributed by atoms with Gasteiger partial charge in [-0.2, -0.15) is 0 Å². The molecule has 3 nitrogen and oxygen atoms in total. The number of benzene rings is 1. The first-order chi connectivity index (χ1) is 8.25. The average molecular weight is 231 g/mol. The first-order valence-corrected chi connectivity index (χ1v) is 5.51. The summed E-state index contributed by atoms with van der Waals surface area (Å²) >= 11 is 0. The Morgan fingerprint density at radius 3 is 2.71 bits per heavy atom. The Balaban J connectivity index is 1.90. The van der Waals surface area contributed by atoms with E-state index in [1.54, 1.807) is 24.5 Å². The van der Waals surface area contributed by atoms with Crippen LogP contribution in [-0.4, -0.2) is 16.5 Å². The number of aromatic nitrogens is 2. The van der Waals surface area contributed by atoms with Crippen LogP contribution >= 0.6 is 0 Å². The lowest BCUT2D eigenvalue weighted by Crippen LogP contribution is -2.08. The molecule has 1 aromatic heterocycles. The van der Waals surface area contributed by atoms with Crippen LogP contribution in [0.4, 0.5) is 10.3 Å². The molecule has 4 heteroatoms. The maximum atomic E-state index is 12.9. The molecule has 0 aliphatic rings. The second-order valence-electron chi connectivity index (χ2n) is 3.82. The smallest absolute Gasteiger partial charge is 0.222 e. The highest BCUT2D eigenvalue weighted by atomic mass is 19.1. The molecule has 88 valence electrons. The van der Waals surface area contributed by atoms with Crippen LogP contribution in [0, 0.1) is 12.7 Å². The summed E-state index contributed by atoms with van der Waals surface area (Å²) in [6.07, 6.45) is 4.21. The number of nitrogens with one attached hydrogen (secondary N) is 1. The Labute approximate surface area is 99.7 Å². The third-order valence-electron chi connectivity index (χ3n) is 2.55. The summed E-state index contributed by atoms with van der Waals surface area (Å²) in [5.41, 5.74) is 2.11. The van der Waals surface area contributed by atoms with Crippen molar-refractivity contribution in [2.45, 2.75) is 13.3 Å². The van der Waals surface area contributed by atoms with Crippen molar-refractivity contribution in [1.29, 1.82) is 0 Å². The topological polar surface area (TPSA) is 37.8 Å². The van der Waals surface area contributed by atoms with Crippen LogP contribution in [0.25, 0.3) is 0 Å². The number of hydrogen-bond acceptors (Lipinski definition) is 3. The number of halogens is 1. The second kappa shape index (κ2) is 5.39. The van der Waals surface area contributed by atoms with Crippen molar-refractivity contribution in [3.05, 3.63) is 53.6 Å². The fraction of sp³-hybridized carbons (Fsp3) is 0.231. The summed E-state index contributed by atoms with van der Waals surface area (Å²) in [6, 6.07) is 6.63. The van der Waals surface area contributed by atoms with Gasteiger partial charge < -0.3 is 5.32 Å². The van der Waals surface area contributed by atoms with Gasteiger partial charge in [-0.25, -0.2) is 14.4 Å². The van der Waals surface area contributed by atoms with Crippen molar-refractivity contribution in [2.24, 2.45) is 0 Å². The second-order valence-corrected chi connectivity index (χ2v) is 3.82. The molecule has 0 aliphatic carbocycles. The van der Waals surface area contributed by atoms with Crippen LogP contribution in [0.3, 0.4) is 0 Å². The summed E-state index contributed by atoms with van der Waals surface area (Å²) in [7, 11) is 0. The van der Waals surface area contributed by atoms with Crippen molar-refractivity contribution < 1.29 is 4.39 Å². The lowest BCUT2D eigenvalue weighted by Gasteiger charge is -2.07. The van der Waals surface area contributed by atoms with Crippen LogP contribution in [0.5, 0.6) is 0 Å². The van der Waals surface area contributed by atoms with Gasteiger partial charge in [0.05, 0.1) is 0 Å². The molecule has 0 aliphatic heterocycles. The minimum absolute atomic E-state index is 0.189. The van der Waals surface area contributed by atoms with E-state index in [-0.39, 0.29) is 5.82 Å². The number of hydrogen-bond donors (Lipinski definition) is 1. The minimum Gasteiger partial charge on any atom is -0.354 e. The highest BCUT2D eigenvalue weighted by Crippen LogP contribution is 2.10. The van der Waals surface area contributed by atoms with Gasteiger partial charge >= 0.3 is 0 Å². The van der Waals surface area contributed by atoms with E-state index in [4.69, 9.17) is 0 Å². The summed E-state index contributed by atoms with van der Waals surface area (Å²) in [5, 5.41) is 3.12. The predicted molar refractivity (Wildman–Crippen MR) is 65.4 cm³/mol. The molecule has 2 aromatic rings. The van der Waals surface area contributed by atoms with Crippen LogP contribution in [0.15, 0.2) is 36.7 Å². The Bertz CT molecular complexity index is 485. The average Bonchev–Trinajstić information content (AvgIpc) is 2.33. The molecule has 1 heterocycles. The summed E-state index contributed by atoms with van der Waals surface area (Å²) in [5.74, 6) is 0.429. The molecule has 0 saturated heterocycles. The monoisotopic (exact) mass is 231 g/mol. The fourth-order valence-corrected chi connectivity index (χ4v) is 1.64. The largest absolute Gasteiger partial charge is 0.354 e. The van der Waals surface area contributed by atoms with Crippen molar-refractivity contribution in [3.8, 4) is 0 Å². The molecule has 0 radical (unpaired) electrons. The van der Waals surface area contributed by atoms with Gasteiger partial charge in [0.15, 0.2) is 0 Å². The number of nitrogens with zero attached hydrogens (tertiary/aromatic N) is 2. The van der Waals surface area contributed by atoms with Gasteiger partial charge in [0.2, 0.25) is 5.95 Å². The molecule has 1 aromatic carbocycles. The maximum absolute atomic E-state index is 12.9. The third-order valence-corrected chi connectivity index (χ3v) is 2.55. The first kappa shape index (κ1) is 11.5. The van der Waals surface area contributed by atoms with E-state index in [2.05, 4.69) is 15.3 Å². The van der Waals surface area contributed by atoms with E-state index in [0.717, 1.165) is 24.1 Å². The zero-order valence-corrected chi connectivity index (χ0v) is 9.65. The quantitative estimate of drug-likeness (QED) is 0.878. The molecular formula is C13H14FN3. The van der Waals surface area contributed by atoms with Crippen molar-refractivity contribution in [1.82, 2.24) is 9.97 Å². The molecule has 0 bridgehead atoms. The molecule has 0 fully saturated rings. The van der Waals surface area contributed by atoms with Gasteiger partial charge in [0, 0.05) is 18.9 Å². The zero-order valence-electron chi connectivity index (χ0n) is 9.65. The van der Waals surface area contributed by atoms with Crippen LogP contribution in [-0.2, 0) is 6.42 Å². The third kappa shape index (κ3) is 3.24. The molecule has 0 atom stereocenters. The number of anilines is 1. The van der Waals surface area contributed by atoms with Gasteiger partial charge in [-0.3, -0.25) is 0 Å². The van der Waals surface area contributed by atoms with Crippen molar-refractivity contribution in [2.75, 3.05) is 11.9 Å². The number of rotatable bonds is 4. The molecular weight excluding hydrogens is 217 g/mol. The van der Waals surface area contributed by atoms with Crippen LogP contribution < -0.4 is 5.32 Å². The van der Waals surface area contributed by atoms with Crippen molar-refractivity contribution in [3.63, 3.8) is 0 Å². The molecule has 1 N–H and O–H groups in total. The van der Waals surface area contributed by atoms with E-state index in [0.29, 0.717) is 5.95 Å². The van der Waals surface area contributed by atoms with Gasteiger partial charge in [0.25, 0.3) is 0 Å². The summed E-state index contributed by atoms with van der Waals surface area (Å²) in [6.45, 7) is 2.65. The first-order valence-electron chi connectivity index (χ1n) is 5.51. The summed E-state index contributed by atoms with van der Waals surface area (Å²) < 4.78 is 12.9.